The number of hydrogen-bond donors (Lipinski definition) is 2. The minimum atomic E-state index is -0.597. The van der Waals surface area contributed by atoms with E-state index in [4.69, 9.17) is 0 Å². The molecule has 0 radical (unpaired) electrons. The van der Waals surface area contributed by atoms with Crippen molar-refractivity contribution in [2.24, 2.45) is 0 Å². The van der Waals surface area contributed by atoms with Crippen LogP contribution < -0.4 is 11.2 Å². The molecule has 2 aromatic rings. The first-order chi connectivity index (χ1) is 9.77. The highest BCUT2D eigenvalue weighted by Gasteiger charge is 2.26. The Morgan fingerprint density at radius 3 is 2.52 bits per heavy atom. The van der Waals surface area contributed by atoms with Gasteiger partial charge in [0.25, 0.3) is 5.56 Å². The summed E-state index contributed by atoms with van der Waals surface area (Å²) < 4.78 is 1.24. The van der Waals surface area contributed by atoms with Crippen LogP contribution in [0.25, 0.3) is 11.1 Å². The molecule has 5 heteroatoms. The minimum absolute atomic E-state index is 0.125. The van der Waals surface area contributed by atoms with Crippen molar-refractivity contribution in [1.82, 2.24) is 9.55 Å². The van der Waals surface area contributed by atoms with Gasteiger partial charge >= 0.3 is 5.69 Å². The van der Waals surface area contributed by atoms with Crippen LogP contribution in [0, 0.1) is 6.92 Å². The van der Waals surface area contributed by atoms with Gasteiger partial charge in [0.15, 0.2) is 0 Å². The number of H-pyrrole nitrogens is 1. The first kappa shape index (κ1) is 15.1. The second-order valence-electron chi connectivity index (χ2n) is 5.83. The Morgan fingerprint density at radius 1 is 1.29 bits per heavy atom. The second kappa shape index (κ2) is 5.24. The van der Waals surface area contributed by atoms with E-state index < -0.39 is 16.8 Å². The zero-order chi connectivity index (χ0) is 15.8. The summed E-state index contributed by atoms with van der Waals surface area (Å²) in [6.45, 7) is 7.50. The largest absolute Gasteiger partial charge is 0.494 e. The number of aromatic nitrogens is 2. The first-order valence-corrected chi connectivity index (χ1v) is 6.93. The van der Waals surface area contributed by atoms with Crippen molar-refractivity contribution < 1.29 is 5.11 Å². The van der Waals surface area contributed by atoms with Crippen molar-refractivity contribution in [2.45, 2.75) is 39.7 Å². The molecule has 0 saturated heterocycles. The van der Waals surface area contributed by atoms with E-state index in [1.165, 1.54) is 4.57 Å². The van der Waals surface area contributed by atoms with Crippen molar-refractivity contribution in [3.8, 4) is 17.0 Å². The average Bonchev–Trinajstić information content (AvgIpc) is 2.37. The van der Waals surface area contributed by atoms with Crippen LogP contribution in [0.3, 0.4) is 0 Å². The molecule has 21 heavy (non-hydrogen) atoms. The van der Waals surface area contributed by atoms with E-state index in [9.17, 15) is 14.7 Å². The van der Waals surface area contributed by atoms with Crippen molar-refractivity contribution >= 4 is 0 Å². The maximum Gasteiger partial charge on any atom is 0.331 e. The molecule has 0 amide bonds. The molecule has 0 saturated carbocycles. The summed E-state index contributed by atoms with van der Waals surface area (Å²) in [5, 5.41) is 10.5. The lowest BCUT2D eigenvalue weighted by molar-refractivity contribution is 0.277. The molecule has 2 N–H and O–H groups in total. The number of nitrogens with one attached hydrogen (secondary N) is 1. The topological polar surface area (TPSA) is 75.1 Å². The van der Waals surface area contributed by atoms with Crippen LogP contribution in [0.5, 0.6) is 5.88 Å². The number of nitrogens with zero attached hydrogens (tertiary/aromatic N) is 1. The van der Waals surface area contributed by atoms with Crippen molar-refractivity contribution in [2.75, 3.05) is 0 Å². The highest BCUT2D eigenvalue weighted by Crippen LogP contribution is 2.29. The molecule has 1 aromatic carbocycles. The average molecular weight is 288 g/mol. The molecule has 0 spiro atoms. The normalized spacial score (nSPS) is 11.6. The summed E-state index contributed by atoms with van der Waals surface area (Å²) >= 11 is 0. The van der Waals surface area contributed by atoms with Gasteiger partial charge < -0.3 is 5.11 Å². The number of benzene rings is 1. The molecule has 5 nitrogen and oxygen atoms in total. The zero-order valence-electron chi connectivity index (χ0n) is 12.7. The van der Waals surface area contributed by atoms with Gasteiger partial charge in [0.05, 0.1) is 0 Å². The van der Waals surface area contributed by atoms with Crippen LogP contribution in [0.2, 0.25) is 0 Å². The monoisotopic (exact) mass is 288 g/mol. The standard InChI is InChI=1S/C16H20N2O3/c1-5-16(3,4)18-14(20)12(13(19)17-15(18)21)11-8-6-7-10(2)9-11/h6-9,20H,5H2,1-4H3,(H,17,19,21). The van der Waals surface area contributed by atoms with E-state index in [1.54, 1.807) is 12.1 Å². The summed E-state index contributed by atoms with van der Waals surface area (Å²) in [7, 11) is 0. The molecule has 0 atom stereocenters. The molecule has 1 heterocycles. The third-order valence-corrected chi connectivity index (χ3v) is 3.86. The maximum atomic E-state index is 12.1. The number of hydrogen-bond acceptors (Lipinski definition) is 3. The van der Waals surface area contributed by atoms with Gasteiger partial charge in [0.2, 0.25) is 5.88 Å². The molecule has 0 bridgehead atoms. The van der Waals surface area contributed by atoms with Gasteiger partial charge in [-0.25, -0.2) is 4.79 Å². The van der Waals surface area contributed by atoms with Gasteiger partial charge in [-0.3, -0.25) is 14.3 Å². The first-order valence-electron chi connectivity index (χ1n) is 6.93. The fourth-order valence-corrected chi connectivity index (χ4v) is 2.31. The minimum Gasteiger partial charge on any atom is -0.494 e. The van der Waals surface area contributed by atoms with E-state index in [1.807, 2.05) is 39.8 Å². The molecule has 0 unspecified atom stereocenters. The third-order valence-electron chi connectivity index (χ3n) is 3.86. The number of rotatable bonds is 3. The Balaban J connectivity index is 2.83. The molecule has 0 aliphatic rings. The summed E-state index contributed by atoms with van der Waals surface area (Å²) in [4.78, 5) is 26.5. The van der Waals surface area contributed by atoms with Crippen molar-refractivity contribution in [3.63, 3.8) is 0 Å². The van der Waals surface area contributed by atoms with Crippen molar-refractivity contribution in [1.29, 1.82) is 0 Å². The zero-order valence-corrected chi connectivity index (χ0v) is 12.7. The predicted octanol–water partition coefficient (Wildman–Crippen LogP) is 2.36. The van der Waals surface area contributed by atoms with E-state index in [-0.39, 0.29) is 11.4 Å². The van der Waals surface area contributed by atoms with Crippen LogP contribution in [0.15, 0.2) is 33.9 Å². The van der Waals surface area contributed by atoms with E-state index >= 15 is 0 Å². The molecule has 1 aromatic heterocycles. The van der Waals surface area contributed by atoms with Crippen LogP contribution in [0.1, 0.15) is 32.8 Å². The van der Waals surface area contributed by atoms with E-state index in [0.29, 0.717) is 12.0 Å². The molecular formula is C16H20N2O3. The summed E-state index contributed by atoms with van der Waals surface area (Å²) in [5.74, 6) is -0.291. The van der Waals surface area contributed by atoms with Gasteiger partial charge in [-0.2, -0.15) is 0 Å². The lowest BCUT2D eigenvalue weighted by Gasteiger charge is -2.27. The van der Waals surface area contributed by atoms with Crippen molar-refractivity contribution in [3.05, 3.63) is 50.7 Å². The Hall–Kier alpha value is -2.30. The quantitative estimate of drug-likeness (QED) is 0.910. The lowest BCUT2D eigenvalue weighted by Crippen LogP contribution is -2.40. The van der Waals surface area contributed by atoms with Crippen LogP contribution in [-0.2, 0) is 5.54 Å². The molecule has 2 rings (SSSR count). The Kier molecular flexibility index (Phi) is 3.77. The number of aryl methyl sites for hydroxylation is 1. The smallest absolute Gasteiger partial charge is 0.331 e. The molecular weight excluding hydrogens is 268 g/mol. The molecule has 112 valence electrons. The van der Waals surface area contributed by atoms with Crippen LogP contribution in [-0.4, -0.2) is 14.7 Å². The van der Waals surface area contributed by atoms with E-state index in [0.717, 1.165) is 5.56 Å². The summed E-state index contributed by atoms with van der Waals surface area (Å²) in [6, 6.07) is 7.26. The maximum absolute atomic E-state index is 12.1. The highest BCUT2D eigenvalue weighted by atomic mass is 16.3. The van der Waals surface area contributed by atoms with Crippen LogP contribution in [0.4, 0.5) is 0 Å². The molecule has 0 aliphatic heterocycles. The highest BCUT2D eigenvalue weighted by molar-refractivity contribution is 5.68. The van der Waals surface area contributed by atoms with Gasteiger partial charge in [0.1, 0.15) is 5.56 Å². The van der Waals surface area contributed by atoms with Gasteiger partial charge in [-0.1, -0.05) is 36.8 Å². The fourth-order valence-electron chi connectivity index (χ4n) is 2.31. The predicted molar refractivity (Wildman–Crippen MR) is 82.8 cm³/mol. The number of aromatic amines is 1. The van der Waals surface area contributed by atoms with Gasteiger partial charge in [0, 0.05) is 5.54 Å². The Bertz CT molecular complexity index is 785. The third kappa shape index (κ3) is 2.63. The Labute approximate surface area is 122 Å². The van der Waals surface area contributed by atoms with E-state index in [2.05, 4.69) is 4.98 Å². The number of aromatic hydroxyl groups is 1. The fraction of sp³-hybridized carbons (Fsp3) is 0.375. The molecule has 0 aliphatic carbocycles. The summed E-state index contributed by atoms with van der Waals surface area (Å²) in [6.07, 6.45) is 0.639. The second-order valence-corrected chi connectivity index (χ2v) is 5.83. The Morgan fingerprint density at radius 2 is 1.95 bits per heavy atom. The summed E-state index contributed by atoms with van der Waals surface area (Å²) in [5.41, 5.74) is -0.0794. The van der Waals surface area contributed by atoms with Crippen LogP contribution >= 0.6 is 0 Å². The molecule has 0 fully saturated rings. The van der Waals surface area contributed by atoms with Gasteiger partial charge in [-0.15, -0.1) is 0 Å². The lowest BCUT2D eigenvalue weighted by atomic mass is 10.00. The SMILES string of the molecule is CCC(C)(C)n1c(O)c(-c2cccc(C)c2)c(=O)[nH]c1=O. The van der Waals surface area contributed by atoms with Gasteiger partial charge in [-0.05, 0) is 32.8 Å².